The fourth-order valence-corrected chi connectivity index (χ4v) is 1.28. The van der Waals surface area contributed by atoms with E-state index >= 15 is 0 Å². The van der Waals surface area contributed by atoms with Crippen LogP contribution in [0.25, 0.3) is 0 Å². The van der Waals surface area contributed by atoms with E-state index in [1.165, 1.54) is 0 Å². The summed E-state index contributed by atoms with van der Waals surface area (Å²) in [6, 6.07) is 1.05. The summed E-state index contributed by atoms with van der Waals surface area (Å²) in [5.74, 6) is -4.48. The van der Waals surface area contributed by atoms with Gasteiger partial charge in [0.2, 0.25) is 0 Å². The van der Waals surface area contributed by atoms with Crippen molar-refractivity contribution in [2.45, 2.75) is 31.0 Å². The molecule has 1 aliphatic rings. The Bertz CT molecular complexity index is 714. The Balaban J connectivity index is 3.64. The Morgan fingerprint density at radius 1 is 1.47 bits per heavy atom. The molecule has 4 nitrogen and oxygen atoms in total. The fraction of sp³-hybridized carbons (Fsp3) is 0.667. The van der Waals surface area contributed by atoms with E-state index in [9.17, 15) is 21.6 Å². The molecule has 0 unspecified atom stereocenters. The molecule has 96 valence electrons. The Morgan fingerprint density at radius 2 is 2.00 bits per heavy atom. The van der Waals surface area contributed by atoms with E-state index in [0.717, 1.165) is 6.07 Å². The van der Waals surface area contributed by atoms with Gasteiger partial charge in [-0.1, -0.05) is 12.7 Å². The average Bonchev–Trinajstić information content (AvgIpc) is 2.41. The van der Waals surface area contributed by atoms with Crippen LogP contribution in [0.15, 0.2) is 11.8 Å². The number of allylic oxidation sites excluding steroid dienone is 2. The van der Waals surface area contributed by atoms with Crippen molar-refractivity contribution < 1.29 is 36.7 Å². The summed E-state index contributed by atoms with van der Waals surface area (Å²) in [5.41, 5.74) is -5.99. The van der Waals surface area contributed by atoms with Crippen LogP contribution in [0.4, 0.5) is 13.2 Å². The summed E-state index contributed by atoms with van der Waals surface area (Å²) in [6.07, 6.45) is -14.3. The monoisotopic (exact) mass is 277 g/mol. The number of hydrogen-bond donors (Lipinski definition) is 0. The molecule has 0 atom stereocenters. The highest BCUT2D eigenvalue weighted by molar-refractivity contribution is 7.87. The maximum Gasteiger partial charge on any atom is 0.534 e. The van der Waals surface area contributed by atoms with Crippen LogP contribution in [0.1, 0.15) is 36.5 Å². The van der Waals surface area contributed by atoms with Gasteiger partial charge in [-0.25, -0.2) is 0 Å². The van der Waals surface area contributed by atoms with Crippen molar-refractivity contribution in [3.63, 3.8) is 0 Å². The summed E-state index contributed by atoms with van der Waals surface area (Å²) in [5, 5.41) is 8.58. The molecule has 8 heteroatoms. The van der Waals surface area contributed by atoms with Crippen molar-refractivity contribution in [1.82, 2.24) is 0 Å². The van der Waals surface area contributed by atoms with Crippen LogP contribution in [-0.2, 0) is 14.3 Å². The van der Waals surface area contributed by atoms with Crippen molar-refractivity contribution in [3.05, 3.63) is 11.8 Å². The molecule has 0 aliphatic heterocycles. The van der Waals surface area contributed by atoms with Gasteiger partial charge in [0.1, 0.15) is 5.76 Å². The lowest BCUT2D eigenvalue weighted by molar-refractivity contribution is -0.0526. The standard InChI is InChI=1S/C9H10F3NO3S/c10-9(11,12)17(14,15)16-8(5-6-13)7-3-1-2-4-7/h5,7H,1-4H2/b8-5-/i1D2,2D2,3D2,4D2. The first-order chi connectivity index (χ1) is 10.8. The third kappa shape index (κ3) is 3.36. The lowest BCUT2D eigenvalue weighted by Gasteiger charge is -2.15. The van der Waals surface area contributed by atoms with Crippen molar-refractivity contribution in [2.24, 2.45) is 5.92 Å². The van der Waals surface area contributed by atoms with Gasteiger partial charge < -0.3 is 4.18 Å². The summed E-state index contributed by atoms with van der Waals surface area (Å²) in [4.78, 5) is 0. The van der Waals surface area contributed by atoms with Crippen LogP contribution in [-0.4, -0.2) is 13.9 Å². The Morgan fingerprint density at radius 3 is 2.41 bits per heavy atom. The normalized spacial score (nSPS) is 37.9. The quantitative estimate of drug-likeness (QED) is 0.344. The van der Waals surface area contributed by atoms with Crippen molar-refractivity contribution in [3.8, 4) is 6.07 Å². The SMILES string of the molecule is [2H]C1([2H])C(/C(=C/C#N)OS(=O)(=O)C(F)(F)F)C([2H])([2H])C([2H])([2H])C1([2H])[2H]. The second-order valence-corrected chi connectivity index (χ2v) is 4.17. The van der Waals surface area contributed by atoms with E-state index in [2.05, 4.69) is 4.18 Å². The zero-order chi connectivity index (χ0) is 20.3. The van der Waals surface area contributed by atoms with Crippen LogP contribution in [0.3, 0.4) is 0 Å². The molecule has 0 aromatic rings. The topological polar surface area (TPSA) is 67.2 Å². The van der Waals surface area contributed by atoms with Crippen LogP contribution in [0, 0.1) is 17.2 Å². The molecule has 17 heavy (non-hydrogen) atoms. The van der Waals surface area contributed by atoms with Gasteiger partial charge in [0, 0.05) is 16.9 Å². The molecule has 1 aliphatic carbocycles. The van der Waals surface area contributed by atoms with Gasteiger partial charge in [-0.3, -0.25) is 0 Å². The molecule has 0 heterocycles. The maximum atomic E-state index is 12.5. The largest absolute Gasteiger partial charge is 0.534 e. The highest BCUT2D eigenvalue weighted by Gasteiger charge is 2.49. The van der Waals surface area contributed by atoms with Crippen molar-refractivity contribution in [1.29, 1.82) is 5.26 Å². The number of rotatable bonds is 3. The molecule has 0 radical (unpaired) electrons. The Kier molecular flexibility index (Phi) is 1.78. The molecule has 1 saturated carbocycles. The number of hydrogen-bond acceptors (Lipinski definition) is 4. The Hall–Kier alpha value is -1.23. The molecule has 0 spiro atoms. The summed E-state index contributed by atoms with van der Waals surface area (Å²) in [7, 11) is -6.43. The minimum atomic E-state index is -6.43. The van der Waals surface area contributed by atoms with E-state index in [-0.39, 0.29) is 6.08 Å². The second kappa shape index (κ2) is 4.96. The predicted molar refractivity (Wildman–Crippen MR) is 51.7 cm³/mol. The molecular weight excluding hydrogens is 259 g/mol. The first kappa shape index (κ1) is 6.09. The molecule has 1 fully saturated rings. The van der Waals surface area contributed by atoms with E-state index in [1.54, 1.807) is 0 Å². The molecule has 0 amide bonds. The summed E-state index contributed by atoms with van der Waals surface area (Å²) >= 11 is 0. The van der Waals surface area contributed by atoms with E-state index in [4.69, 9.17) is 16.2 Å². The molecule has 0 bridgehead atoms. The first-order valence-corrected chi connectivity index (χ1v) is 5.30. The molecule has 0 N–H and O–H groups in total. The van der Waals surface area contributed by atoms with Crippen LogP contribution < -0.4 is 0 Å². The zero-order valence-corrected chi connectivity index (χ0v) is 8.69. The predicted octanol–water partition coefficient (Wildman–Crippen LogP) is 2.45. The van der Waals surface area contributed by atoms with Crippen molar-refractivity contribution in [2.75, 3.05) is 0 Å². The zero-order valence-electron chi connectivity index (χ0n) is 15.9. The third-order valence-electron chi connectivity index (χ3n) is 1.48. The van der Waals surface area contributed by atoms with Gasteiger partial charge >= 0.3 is 15.6 Å². The summed E-state index contributed by atoms with van der Waals surface area (Å²) < 4.78 is 124. The lowest BCUT2D eigenvalue weighted by Crippen LogP contribution is -2.26. The smallest absolute Gasteiger partial charge is 0.380 e. The first-order valence-electron chi connectivity index (χ1n) is 7.89. The van der Waals surface area contributed by atoms with Crippen LogP contribution in [0.2, 0.25) is 0 Å². The van der Waals surface area contributed by atoms with Crippen molar-refractivity contribution >= 4 is 10.1 Å². The number of halogens is 3. The number of alkyl halides is 3. The van der Waals surface area contributed by atoms with Crippen LogP contribution in [0.5, 0.6) is 0 Å². The number of nitriles is 1. The van der Waals surface area contributed by atoms with Gasteiger partial charge in [-0.2, -0.15) is 26.9 Å². The van der Waals surface area contributed by atoms with Gasteiger partial charge in [-0.05, 0) is 12.7 Å². The van der Waals surface area contributed by atoms with Crippen LogP contribution >= 0.6 is 0 Å². The second-order valence-electron chi connectivity index (χ2n) is 2.63. The van der Waals surface area contributed by atoms with Gasteiger partial charge in [-0.15, -0.1) is 0 Å². The summed E-state index contributed by atoms with van der Waals surface area (Å²) in [6.45, 7) is 0. The van der Waals surface area contributed by atoms with E-state index in [0.29, 0.717) is 0 Å². The molecule has 0 aromatic carbocycles. The average molecular weight is 277 g/mol. The minimum Gasteiger partial charge on any atom is -0.380 e. The Labute approximate surface area is 108 Å². The van der Waals surface area contributed by atoms with Gasteiger partial charge in [0.15, 0.2) is 0 Å². The van der Waals surface area contributed by atoms with Gasteiger partial charge in [0.05, 0.1) is 12.1 Å². The molecule has 1 rings (SSSR count). The lowest BCUT2D eigenvalue weighted by atomic mass is 10.1. The van der Waals surface area contributed by atoms with E-state index < -0.39 is 52.8 Å². The minimum absolute atomic E-state index is 0.0406. The number of nitrogens with zero attached hydrogens (tertiary/aromatic N) is 1. The highest BCUT2D eigenvalue weighted by atomic mass is 32.2. The maximum absolute atomic E-state index is 12.5. The third-order valence-corrected chi connectivity index (χ3v) is 2.46. The fourth-order valence-electron chi connectivity index (χ4n) is 0.788. The molecule has 0 saturated heterocycles. The highest BCUT2D eigenvalue weighted by Crippen LogP contribution is 2.35. The van der Waals surface area contributed by atoms with Gasteiger partial charge in [0.25, 0.3) is 0 Å². The van der Waals surface area contributed by atoms with E-state index in [1.807, 2.05) is 0 Å². The molecule has 0 aromatic heterocycles. The molecular formula is C9H10F3NO3S.